The third-order valence-corrected chi connectivity index (χ3v) is 3.74. The lowest BCUT2D eigenvalue weighted by Crippen LogP contribution is -2.44. The van der Waals surface area contributed by atoms with Crippen molar-refractivity contribution in [3.8, 4) is 0 Å². The van der Waals surface area contributed by atoms with Gasteiger partial charge in [0, 0.05) is 19.1 Å². The topological polar surface area (TPSA) is 44.4 Å². The van der Waals surface area contributed by atoms with Crippen molar-refractivity contribution in [3.05, 3.63) is 35.9 Å². The number of halogens is 1. The van der Waals surface area contributed by atoms with Gasteiger partial charge >= 0.3 is 0 Å². The van der Waals surface area contributed by atoms with E-state index in [9.17, 15) is 4.79 Å². The standard InChI is InChI=1S/C16H25N3O.ClH/c1-2-10-19(15-8-9-17-12-15)13-16(20)18-11-14-6-4-3-5-7-14;/h3-7,15,17H,2,8-13H2,1H3,(H,18,20);1H. The molecular formula is C16H26ClN3O. The van der Waals surface area contributed by atoms with E-state index >= 15 is 0 Å². The molecule has 1 saturated heterocycles. The molecule has 21 heavy (non-hydrogen) atoms. The number of benzene rings is 1. The van der Waals surface area contributed by atoms with Crippen LogP contribution in [0, 0.1) is 0 Å². The van der Waals surface area contributed by atoms with E-state index in [2.05, 4.69) is 22.5 Å². The van der Waals surface area contributed by atoms with E-state index in [4.69, 9.17) is 0 Å². The maximum Gasteiger partial charge on any atom is 0.234 e. The van der Waals surface area contributed by atoms with Crippen molar-refractivity contribution < 1.29 is 4.79 Å². The van der Waals surface area contributed by atoms with Crippen LogP contribution in [0.15, 0.2) is 30.3 Å². The number of nitrogens with one attached hydrogen (secondary N) is 2. The minimum absolute atomic E-state index is 0. The van der Waals surface area contributed by atoms with Crippen molar-refractivity contribution >= 4 is 18.3 Å². The quantitative estimate of drug-likeness (QED) is 0.807. The molecule has 0 radical (unpaired) electrons. The summed E-state index contributed by atoms with van der Waals surface area (Å²) >= 11 is 0. The Morgan fingerprint density at radius 2 is 2.14 bits per heavy atom. The fraction of sp³-hybridized carbons (Fsp3) is 0.562. The van der Waals surface area contributed by atoms with E-state index in [1.807, 2.05) is 30.3 Å². The third kappa shape index (κ3) is 6.04. The van der Waals surface area contributed by atoms with Crippen LogP contribution in [0.3, 0.4) is 0 Å². The first-order valence-corrected chi connectivity index (χ1v) is 7.55. The molecule has 118 valence electrons. The van der Waals surface area contributed by atoms with Gasteiger partial charge in [0.05, 0.1) is 6.54 Å². The van der Waals surface area contributed by atoms with Gasteiger partial charge in [-0.05, 0) is 31.5 Å². The fourth-order valence-electron chi connectivity index (χ4n) is 2.67. The highest BCUT2D eigenvalue weighted by Gasteiger charge is 2.23. The number of hydrogen-bond acceptors (Lipinski definition) is 3. The van der Waals surface area contributed by atoms with Gasteiger partial charge in [0.25, 0.3) is 0 Å². The molecule has 1 unspecified atom stereocenters. The molecule has 1 aliphatic heterocycles. The number of amides is 1. The van der Waals surface area contributed by atoms with E-state index in [0.29, 0.717) is 19.1 Å². The highest BCUT2D eigenvalue weighted by atomic mass is 35.5. The van der Waals surface area contributed by atoms with Gasteiger partial charge in [-0.25, -0.2) is 0 Å². The Balaban J connectivity index is 0.00000220. The van der Waals surface area contributed by atoms with Gasteiger partial charge in [-0.3, -0.25) is 9.69 Å². The molecule has 0 aromatic heterocycles. The molecular weight excluding hydrogens is 286 g/mol. The molecule has 5 heteroatoms. The summed E-state index contributed by atoms with van der Waals surface area (Å²) in [6.07, 6.45) is 2.23. The number of rotatable bonds is 7. The van der Waals surface area contributed by atoms with Crippen molar-refractivity contribution in [1.29, 1.82) is 0 Å². The SMILES string of the molecule is CCCN(CC(=O)NCc1ccccc1)C1CCNC1.Cl. The number of carbonyl (C=O) groups excluding carboxylic acids is 1. The zero-order valence-corrected chi connectivity index (χ0v) is 13.5. The van der Waals surface area contributed by atoms with Crippen molar-refractivity contribution in [2.24, 2.45) is 0 Å². The van der Waals surface area contributed by atoms with E-state index in [1.165, 1.54) is 0 Å². The van der Waals surface area contributed by atoms with Crippen LogP contribution in [-0.4, -0.2) is 43.0 Å². The van der Waals surface area contributed by atoms with Crippen LogP contribution in [0.2, 0.25) is 0 Å². The van der Waals surface area contributed by atoms with Crippen molar-refractivity contribution in [2.45, 2.75) is 32.4 Å². The molecule has 0 saturated carbocycles. The van der Waals surface area contributed by atoms with Crippen LogP contribution in [0.25, 0.3) is 0 Å². The normalized spacial score (nSPS) is 17.5. The summed E-state index contributed by atoms with van der Waals surface area (Å²) in [6.45, 7) is 6.35. The van der Waals surface area contributed by atoms with Gasteiger partial charge in [-0.15, -0.1) is 12.4 Å². The highest BCUT2D eigenvalue weighted by Crippen LogP contribution is 2.08. The first-order chi connectivity index (χ1) is 9.79. The molecule has 1 aromatic carbocycles. The second-order valence-electron chi connectivity index (χ2n) is 5.38. The third-order valence-electron chi connectivity index (χ3n) is 3.74. The van der Waals surface area contributed by atoms with Gasteiger partial charge in [-0.1, -0.05) is 37.3 Å². The van der Waals surface area contributed by atoms with Crippen LogP contribution < -0.4 is 10.6 Å². The lowest BCUT2D eigenvalue weighted by atomic mass is 10.2. The smallest absolute Gasteiger partial charge is 0.234 e. The van der Waals surface area contributed by atoms with E-state index in [1.54, 1.807) is 0 Å². The monoisotopic (exact) mass is 311 g/mol. The minimum atomic E-state index is 0. The molecule has 0 spiro atoms. The first kappa shape index (κ1) is 18.0. The summed E-state index contributed by atoms with van der Waals surface area (Å²) < 4.78 is 0. The molecule has 1 amide bonds. The summed E-state index contributed by atoms with van der Waals surface area (Å²) in [7, 11) is 0. The van der Waals surface area contributed by atoms with Gasteiger partial charge < -0.3 is 10.6 Å². The summed E-state index contributed by atoms with van der Waals surface area (Å²) in [5, 5.41) is 6.38. The lowest BCUT2D eigenvalue weighted by Gasteiger charge is -2.27. The Bertz CT molecular complexity index is 407. The Morgan fingerprint density at radius 3 is 2.76 bits per heavy atom. The molecule has 1 heterocycles. The zero-order valence-electron chi connectivity index (χ0n) is 12.7. The molecule has 1 aliphatic rings. The van der Waals surface area contributed by atoms with Crippen molar-refractivity contribution in [3.63, 3.8) is 0 Å². The van der Waals surface area contributed by atoms with E-state index in [-0.39, 0.29) is 18.3 Å². The van der Waals surface area contributed by atoms with Crippen LogP contribution in [-0.2, 0) is 11.3 Å². The average molecular weight is 312 g/mol. The second kappa shape index (κ2) is 9.77. The Kier molecular flexibility index (Phi) is 8.35. The van der Waals surface area contributed by atoms with Crippen LogP contribution >= 0.6 is 12.4 Å². The van der Waals surface area contributed by atoms with E-state index < -0.39 is 0 Å². The Morgan fingerprint density at radius 1 is 1.38 bits per heavy atom. The van der Waals surface area contributed by atoms with Crippen molar-refractivity contribution in [2.75, 3.05) is 26.2 Å². The summed E-state index contributed by atoms with van der Waals surface area (Å²) in [6, 6.07) is 10.6. The Labute approximate surface area is 133 Å². The molecule has 2 rings (SSSR count). The predicted molar refractivity (Wildman–Crippen MR) is 88.7 cm³/mol. The van der Waals surface area contributed by atoms with Crippen molar-refractivity contribution in [1.82, 2.24) is 15.5 Å². The highest BCUT2D eigenvalue weighted by molar-refractivity contribution is 5.85. The molecule has 0 aliphatic carbocycles. The zero-order chi connectivity index (χ0) is 14.2. The number of nitrogens with zero attached hydrogens (tertiary/aromatic N) is 1. The average Bonchev–Trinajstić information content (AvgIpc) is 3.00. The molecule has 0 bridgehead atoms. The van der Waals surface area contributed by atoms with Gasteiger partial charge in [0.2, 0.25) is 5.91 Å². The van der Waals surface area contributed by atoms with Crippen LogP contribution in [0.4, 0.5) is 0 Å². The summed E-state index contributed by atoms with van der Waals surface area (Å²) in [5.74, 6) is 0.120. The molecule has 1 fully saturated rings. The maximum absolute atomic E-state index is 12.1. The summed E-state index contributed by atoms with van der Waals surface area (Å²) in [5.41, 5.74) is 1.14. The van der Waals surface area contributed by atoms with Gasteiger partial charge in [-0.2, -0.15) is 0 Å². The first-order valence-electron chi connectivity index (χ1n) is 7.55. The molecule has 1 aromatic rings. The second-order valence-corrected chi connectivity index (χ2v) is 5.38. The molecule has 2 N–H and O–H groups in total. The largest absolute Gasteiger partial charge is 0.351 e. The lowest BCUT2D eigenvalue weighted by molar-refractivity contribution is -0.122. The molecule has 1 atom stereocenters. The van der Waals surface area contributed by atoms with E-state index in [0.717, 1.165) is 38.0 Å². The minimum Gasteiger partial charge on any atom is -0.351 e. The summed E-state index contributed by atoms with van der Waals surface area (Å²) in [4.78, 5) is 14.4. The Hall–Kier alpha value is -1.10. The number of carbonyl (C=O) groups is 1. The fourth-order valence-corrected chi connectivity index (χ4v) is 2.67. The van der Waals surface area contributed by atoms with Gasteiger partial charge in [0.15, 0.2) is 0 Å². The van der Waals surface area contributed by atoms with Crippen LogP contribution in [0.1, 0.15) is 25.3 Å². The number of hydrogen-bond donors (Lipinski definition) is 2. The van der Waals surface area contributed by atoms with Crippen LogP contribution in [0.5, 0.6) is 0 Å². The van der Waals surface area contributed by atoms with Gasteiger partial charge in [0.1, 0.15) is 0 Å². The maximum atomic E-state index is 12.1. The predicted octanol–water partition coefficient (Wildman–Crippen LogP) is 1.80. The molecule has 4 nitrogen and oxygen atoms in total.